The van der Waals surface area contributed by atoms with Crippen LogP contribution >= 0.6 is 0 Å². The van der Waals surface area contributed by atoms with Crippen LogP contribution in [0.1, 0.15) is 18.4 Å². The first-order valence-corrected chi connectivity index (χ1v) is 12.1. The summed E-state index contributed by atoms with van der Waals surface area (Å²) in [7, 11) is 0. The smallest absolute Gasteiger partial charge is 0.246 e. The maximum atomic E-state index is 12.9. The van der Waals surface area contributed by atoms with Gasteiger partial charge in [-0.3, -0.25) is 9.59 Å². The molecular weight excluding hydrogens is 440 g/mol. The molecule has 0 bridgehead atoms. The van der Waals surface area contributed by atoms with E-state index in [1.807, 2.05) is 71.8 Å². The van der Waals surface area contributed by atoms with Crippen molar-refractivity contribution in [3.05, 3.63) is 78.5 Å². The van der Waals surface area contributed by atoms with E-state index in [2.05, 4.69) is 0 Å². The Bertz CT molecular complexity index is 1370. The van der Waals surface area contributed by atoms with Crippen LogP contribution in [0.4, 0.5) is 0 Å². The molecule has 0 unspecified atom stereocenters. The zero-order valence-electron chi connectivity index (χ0n) is 19.3. The molecule has 7 heteroatoms. The third-order valence-corrected chi connectivity index (χ3v) is 6.66. The first-order valence-electron chi connectivity index (χ1n) is 12.1. The quantitative estimate of drug-likeness (QED) is 0.409. The van der Waals surface area contributed by atoms with Crippen molar-refractivity contribution in [3.8, 4) is 17.1 Å². The third-order valence-electron chi connectivity index (χ3n) is 6.66. The van der Waals surface area contributed by atoms with Crippen molar-refractivity contribution in [3.63, 3.8) is 0 Å². The molecule has 3 heterocycles. The highest BCUT2D eigenvalue weighted by atomic mass is 16.3. The van der Waals surface area contributed by atoms with Gasteiger partial charge < -0.3 is 14.2 Å². The van der Waals surface area contributed by atoms with Crippen LogP contribution in [0.5, 0.6) is 0 Å². The lowest BCUT2D eigenvalue weighted by Crippen LogP contribution is -2.50. The largest absolute Gasteiger partial charge is 0.454 e. The van der Waals surface area contributed by atoms with Crippen LogP contribution in [0.2, 0.25) is 0 Å². The average Bonchev–Trinajstić information content (AvgIpc) is 3.52. The van der Waals surface area contributed by atoms with E-state index in [4.69, 9.17) is 9.52 Å². The van der Waals surface area contributed by atoms with Crippen LogP contribution in [0.3, 0.4) is 0 Å². The highest BCUT2D eigenvalue weighted by Crippen LogP contribution is 2.32. The molecule has 2 aliphatic rings. The van der Waals surface area contributed by atoms with Crippen LogP contribution in [-0.4, -0.2) is 57.6 Å². The predicted molar refractivity (Wildman–Crippen MR) is 134 cm³/mol. The number of hydrogen-bond acceptors (Lipinski definition) is 4. The van der Waals surface area contributed by atoms with Crippen LogP contribution in [0, 0.1) is 5.92 Å². The summed E-state index contributed by atoms with van der Waals surface area (Å²) in [5.74, 6) is 1.05. The second-order valence-electron chi connectivity index (χ2n) is 9.12. The Balaban J connectivity index is 1.25. The van der Waals surface area contributed by atoms with E-state index in [-0.39, 0.29) is 17.7 Å². The van der Waals surface area contributed by atoms with Gasteiger partial charge in [0.15, 0.2) is 5.76 Å². The highest BCUT2D eigenvalue weighted by molar-refractivity contribution is 5.93. The van der Waals surface area contributed by atoms with E-state index in [0.717, 1.165) is 35.1 Å². The second-order valence-corrected chi connectivity index (χ2v) is 9.12. The maximum absolute atomic E-state index is 12.9. The molecule has 6 rings (SSSR count). The minimum absolute atomic E-state index is 0.0634. The summed E-state index contributed by atoms with van der Waals surface area (Å²) in [6, 6.07) is 19.7. The standard InChI is InChI=1S/C28H26N4O3/c33-26(30-14-16-31(17-15-30)28(34)20-10-11-20)13-12-22-19-32(23-7-2-1-3-8-23)29-27(22)25-18-21-6-4-5-9-24(21)35-25/h1-9,12-13,18-20H,10-11,14-17H2/b13-12-. The molecule has 2 aromatic heterocycles. The van der Waals surface area contributed by atoms with E-state index in [9.17, 15) is 9.59 Å². The second kappa shape index (κ2) is 8.91. The Morgan fingerprint density at radius 3 is 2.37 bits per heavy atom. The summed E-state index contributed by atoms with van der Waals surface area (Å²) in [5.41, 5.74) is 3.19. The minimum atomic E-state index is -0.0634. The monoisotopic (exact) mass is 466 g/mol. The van der Waals surface area contributed by atoms with Crippen molar-refractivity contribution < 1.29 is 14.0 Å². The lowest BCUT2D eigenvalue weighted by Gasteiger charge is -2.34. The number of carbonyl (C=O) groups is 2. The molecule has 0 N–H and O–H groups in total. The van der Waals surface area contributed by atoms with Crippen molar-refractivity contribution in [1.82, 2.24) is 19.6 Å². The van der Waals surface area contributed by atoms with Gasteiger partial charge in [-0.25, -0.2) is 4.68 Å². The van der Waals surface area contributed by atoms with Crippen LogP contribution < -0.4 is 0 Å². The zero-order valence-corrected chi connectivity index (χ0v) is 19.3. The number of rotatable bonds is 5. The SMILES string of the molecule is O=C(/C=C\c1cn(-c2ccccc2)nc1-c1cc2ccccc2o1)N1CCN(C(=O)C2CC2)CC1. The van der Waals surface area contributed by atoms with E-state index >= 15 is 0 Å². The molecule has 2 fully saturated rings. The van der Waals surface area contributed by atoms with Gasteiger partial charge in [-0.1, -0.05) is 36.4 Å². The number of aromatic nitrogens is 2. The summed E-state index contributed by atoms with van der Waals surface area (Å²) in [6.07, 6.45) is 7.32. The van der Waals surface area contributed by atoms with Crippen molar-refractivity contribution in [1.29, 1.82) is 0 Å². The molecule has 1 aliphatic heterocycles. The van der Waals surface area contributed by atoms with Gasteiger partial charge in [-0.15, -0.1) is 0 Å². The lowest BCUT2D eigenvalue weighted by atomic mass is 10.1. The number of fused-ring (bicyclic) bond motifs is 1. The van der Waals surface area contributed by atoms with Gasteiger partial charge in [0.25, 0.3) is 0 Å². The molecule has 1 aliphatic carbocycles. The molecule has 7 nitrogen and oxygen atoms in total. The van der Waals surface area contributed by atoms with E-state index in [1.54, 1.807) is 21.7 Å². The molecule has 2 amide bonds. The highest BCUT2D eigenvalue weighted by Gasteiger charge is 2.35. The predicted octanol–water partition coefficient (Wildman–Crippen LogP) is 4.38. The molecule has 0 spiro atoms. The molecule has 0 atom stereocenters. The summed E-state index contributed by atoms with van der Waals surface area (Å²) >= 11 is 0. The number of para-hydroxylation sites is 2. The molecule has 0 radical (unpaired) electrons. The maximum Gasteiger partial charge on any atom is 0.246 e. The van der Waals surface area contributed by atoms with Gasteiger partial charge in [0.05, 0.1) is 5.69 Å². The van der Waals surface area contributed by atoms with Gasteiger partial charge in [-0.05, 0) is 43.2 Å². The van der Waals surface area contributed by atoms with Crippen LogP contribution in [0.25, 0.3) is 34.2 Å². The Morgan fingerprint density at radius 1 is 0.914 bits per heavy atom. The Labute approximate surface area is 203 Å². The van der Waals surface area contributed by atoms with E-state index in [1.165, 1.54) is 0 Å². The lowest BCUT2D eigenvalue weighted by molar-refractivity contribution is -0.138. The Hall–Kier alpha value is -4.13. The van der Waals surface area contributed by atoms with Crippen LogP contribution in [-0.2, 0) is 9.59 Å². The fraction of sp³-hybridized carbons (Fsp3) is 0.250. The van der Waals surface area contributed by atoms with E-state index < -0.39 is 0 Å². The van der Waals surface area contributed by atoms with Gasteiger partial charge in [0.2, 0.25) is 11.8 Å². The summed E-state index contributed by atoms with van der Waals surface area (Å²) in [4.78, 5) is 28.9. The molecule has 1 saturated carbocycles. The third kappa shape index (κ3) is 4.37. The number of furan rings is 1. The fourth-order valence-corrected chi connectivity index (χ4v) is 4.51. The first kappa shape index (κ1) is 21.4. The van der Waals surface area contributed by atoms with Gasteiger partial charge in [-0.2, -0.15) is 5.10 Å². The van der Waals surface area contributed by atoms with Crippen LogP contribution in [0.15, 0.2) is 77.4 Å². The molecule has 35 heavy (non-hydrogen) atoms. The Kier molecular flexibility index (Phi) is 5.45. The Morgan fingerprint density at radius 2 is 1.63 bits per heavy atom. The van der Waals surface area contributed by atoms with Crippen molar-refractivity contribution in [2.24, 2.45) is 5.92 Å². The molecule has 1 saturated heterocycles. The molecule has 2 aromatic carbocycles. The zero-order chi connectivity index (χ0) is 23.8. The topological polar surface area (TPSA) is 71.6 Å². The molecule has 4 aromatic rings. The minimum Gasteiger partial charge on any atom is -0.454 e. The first-order chi connectivity index (χ1) is 17.2. The summed E-state index contributed by atoms with van der Waals surface area (Å²) < 4.78 is 7.88. The normalized spacial score (nSPS) is 16.3. The van der Waals surface area contributed by atoms with Crippen molar-refractivity contribution >= 4 is 28.9 Å². The molecule has 176 valence electrons. The van der Waals surface area contributed by atoms with Gasteiger partial charge in [0, 0.05) is 55.3 Å². The summed E-state index contributed by atoms with van der Waals surface area (Å²) in [6.45, 7) is 2.32. The van der Waals surface area contributed by atoms with Crippen molar-refractivity contribution in [2.45, 2.75) is 12.8 Å². The number of hydrogen-bond donors (Lipinski definition) is 0. The number of benzene rings is 2. The fourth-order valence-electron chi connectivity index (χ4n) is 4.51. The van der Waals surface area contributed by atoms with Gasteiger partial charge in [0.1, 0.15) is 11.3 Å². The molecular formula is C28H26N4O3. The number of piperazine rings is 1. The van der Waals surface area contributed by atoms with E-state index in [0.29, 0.717) is 37.6 Å². The van der Waals surface area contributed by atoms with Gasteiger partial charge >= 0.3 is 0 Å². The number of carbonyl (C=O) groups excluding carboxylic acids is 2. The average molecular weight is 467 g/mol. The van der Waals surface area contributed by atoms with Crippen molar-refractivity contribution in [2.75, 3.05) is 26.2 Å². The number of nitrogens with zero attached hydrogens (tertiary/aromatic N) is 4. The summed E-state index contributed by atoms with van der Waals surface area (Å²) in [5, 5.41) is 5.79. The number of amides is 2.